The van der Waals surface area contributed by atoms with E-state index in [0.29, 0.717) is 12.8 Å². The van der Waals surface area contributed by atoms with Gasteiger partial charge in [-0.15, -0.1) is 24.2 Å². The molecule has 2 N–H and O–H groups in total. The van der Waals surface area contributed by atoms with Crippen molar-refractivity contribution in [2.45, 2.75) is 36.7 Å². The molecule has 6 heteroatoms. The first-order valence-corrected chi connectivity index (χ1v) is 5.80. The highest BCUT2D eigenvalue weighted by Crippen LogP contribution is 2.41. The number of nitrogens with zero attached hydrogens (tertiary/aromatic N) is 2. The zero-order valence-electron chi connectivity index (χ0n) is 8.47. The monoisotopic (exact) mass is 247 g/mol. The summed E-state index contributed by atoms with van der Waals surface area (Å²) in [6.45, 7) is 1.92. The Kier molecular flexibility index (Phi) is 3.54. The molecule has 0 aromatic carbocycles. The van der Waals surface area contributed by atoms with Gasteiger partial charge in [-0.25, -0.2) is 0 Å². The number of halogens is 1. The van der Waals surface area contributed by atoms with Crippen LogP contribution in [0, 0.1) is 11.3 Å². The van der Waals surface area contributed by atoms with Gasteiger partial charge in [0.15, 0.2) is 0 Å². The SMILES string of the molecule is CCC1(N)CC2SCC(C#N)N2C1=O.Cl. The Labute approximate surface area is 99.6 Å². The number of amides is 1. The molecule has 15 heavy (non-hydrogen) atoms. The first-order valence-electron chi connectivity index (χ1n) is 4.75. The number of nitriles is 1. The van der Waals surface area contributed by atoms with Gasteiger partial charge in [0.1, 0.15) is 6.04 Å². The summed E-state index contributed by atoms with van der Waals surface area (Å²) in [6.07, 6.45) is 1.34. The third-order valence-electron chi connectivity index (χ3n) is 3.07. The number of carbonyl (C=O) groups is 1. The maximum atomic E-state index is 11.9. The maximum Gasteiger partial charge on any atom is 0.244 e. The Bertz CT molecular complexity index is 319. The maximum absolute atomic E-state index is 11.9. The molecule has 0 aromatic heterocycles. The summed E-state index contributed by atoms with van der Waals surface area (Å²) in [6, 6.07) is 1.89. The van der Waals surface area contributed by atoms with Crippen molar-refractivity contribution in [2.24, 2.45) is 5.73 Å². The van der Waals surface area contributed by atoms with Crippen molar-refractivity contribution in [1.29, 1.82) is 5.26 Å². The van der Waals surface area contributed by atoms with E-state index < -0.39 is 5.54 Å². The number of nitrogens with two attached hydrogens (primary N) is 1. The number of hydrogen-bond donors (Lipinski definition) is 1. The van der Waals surface area contributed by atoms with Gasteiger partial charge < -0.3 is 10.6 Å². The average Bonchev–Trinajstić information content (AvgIpc) is 2.68. The number of thioether (sulfide) groups is 1. The average molecular weight is 248 g/mol. The lowest BCUT2D eigenvalue weighted by molar-refractivity contribution is -0.133. The van der Waals surface area contributed by atoms with Crippen LogP contribution in [0.3, 0.4) is 0 Å². The third kappa shape index (κ3) is 1.71. The summed E-state index contributed by atoms with van der Waals surface area (Å²) in [7, 11) is 0. The van der Waals surface area contributed by atoms with E-state index in [1.165, 1.54) is 0 Å². The fourth-order valence-electron chi connectivity index (χ4n) is 2.04. The largest absolute Gasteiger partial charge is 0.317 e. The summed E-state index contributed by atoms with van der Waals surface area (Å²) in [5, 5.41) is 9.01. The second-order valence-corrected chi connectivity index (χ2v) is 5.07. The van der Waals surface area contributed by atoms with Crippen molar-refractivity contribution < 1.29 is 4.79 Å². The van der Waals surface area contributed by atoms with Crippen LogP contribution in [0.2, 0.25) is 0 Å². The van der Waals surface area contributed by atoms with Gasteiger partial charge in [-0.2, -0.15) is 5.26 Å². The number of rotatable bonds is 1. The zero-order valence-corrected chi connectivity index (χ0v) is 10.1. The highest BCUT2D eigenvalue weighted by atomic mass is 35.5. The molecule has 3 atom stereocenters. The Hall–Kier alpha value is -0.440. The predicted octanol–water partition coefficient (Wildman–Crippen LogP) is 0.713. The van der Waals surface area contributed by atoms with E-state index in [1.54, 1.807) is 16.7 Å². The molecule has 0 bridgehead atoms. The van der Waals surface area contributed by atoms with E-state index in [9.17, 15) is 4.79 Å². The lowest BCUT2D eigenvalue weighted by Gasteiger charge is -2.22. The highest BCUT2D eigenvalue weighted by Gasteiger charge is 2.53. The summed E-state index contributed by atoms with van der Waals surface area (Å²) >= 11 is 1.67. The predicted molar refractivity (Wildman–Crippen MR) is 61.6 cm³/mol. The van der Waals surface area contributed by atoms with Crippen LogP contribution in [-0.4, -0.2) is 33.5 Å². The van der Waals surface area contributed by atoms with Gasteiger partial charge >= 0.3 is 0 Å². The van der Waals surface area contributed by atoms with E-state index in [0.717, 1.165) is 5.75 Å². The molecule has 4 nitrogen and oxygen atoms in total. The van der Waals surface area contributed by atoms with Crippen LogP contribution < -0.4 is 5.73 Å². The van der Waals surface area contributed by atoms with Gasteiger partial charge in [-0.05, 0) is 6.42 Å². The molecule has 2 saturated heterocycles. The molecule has 3 unspecified atom stereocenters. The van der Waals surface area contributed by atoms with Gasteiger partial charge in [-0.1, -0.05) is 6.92 Å². The number of carbonyl (C=O) groups excluding carboxylic acids is 1. The number of hydrogen-bond acceptors (Lipinski definition) is 4. The smallest absolute Gasteiger partial charge is 0.244 e. The van der Waals surface area contributed by atoms with Crippen LogP contribution in [0.25, 0.3) is 0 Å². The molecule has 2 aliphatic heterocycles. The summed E-state index contributed by atoms with van der Waals surface area (Å²) in [5.74, 6) is 0.689. The fourth-order valence-corrected chi connectivity index (χ4v) is 3.50. The number of fused-ring (bicyclic) bond motifs is 1. The topological polar surface area (TPSA) is 70.1 Å². The molecule has 0 radical (unpaired) electrons. The minimum absolute atomic E-state index is 0. The van der Waals surface area contributed by atoms with Gasteiger partial charge in [0.2, 0.25) is 5.91 Å². The van der Waals surface area contributed by atoms with Gasteiger partial charge in [0.25, 0.3) is 0 Å². The molecule has 2 rings (SSSR count). The van der Waals surface area contributed by atoms with Gasteiger partial charge in [0.05, 0.1) is 17.0 Å². The molecule has 1 amide bonds. The van der Waals surface area contributed by atoms with Crippen LogP contribution in [0.15, 0.2) is 0 Å². The summed E-state index contributed by atoms with van der Waals surface area (Å²) in [5.41, 5.74) is 5.28. The lowest BCUT2D eigenvalue weighted by Crippen LogP contribution is -2.49. The Balaban J connectivity index is 0.00000112. The third-order valence-corrected chi connectivity index (χ3v) is 4.36. The first kappa shape index (κ1) is 12.6. The van der Waals surface area contributed by atoms with Crippen molar-refractivity contribution in [3.8, 4) is 6.07 Å². The molecular weight excluding hydrogens is 234 g/mol. The van der Waals surface area contributed by atoms with Crippen LogP contribution >= 0.6 is 24.2 Å². The van der Waals surface area contributed by atoms with E-state index in [1.807, 2.05) is 6.92 Å². The summed E-state index contributed by atoms with van der Waals surface area (Å²) in [4.78, 5) is 13.6. The lowest BCUT2D eigenvalue weighted by atomic mass is 9.96. The van der Waals surface area contributed by atoms with Gasteiger partial charge in [0, 0.05) is 12.2 Å². The minimum Gasteiger partial charge on any atom is -0.317 e. The normalized spacial score (nSPS) is 38.5. The molecule has 0 spiro atoms. The Morgan fingerprint density at radius 1 is 1.80 bits per heavy atom. The molecule has 2 fully saturated rings. The second kappa shape index (κ2) is 4.20. The molecule has 0 saturated carbocycles. The molecular formula is C9H14ClN3OS. The molecule has 2 aliphatic rings. The van der Waals surface area contributed by atoms with E-state index >= 15 is 0 Å². The zero-order chi connectivity index (χ0) is 10.3. The molecule has 0 aromatic rings. The molecule has 0 aliphatic carbocycles. The first-order chi connectivity index (χ1) is 6.62. The quantitative estimate of drug-likeness (QED) is 0.741. The highest BCUT2D eigenvalue weighted by molar-refractivity contribution is 8.00. The van der Waals surface area contributed by atoms with Crippen LogP contribution in [-0.2, 0) is 4.79 Å². The fraction of sp³-hybridized carbons (Fsp3) is 0.778. The van der Waals surface area contributed by atoms with Crippen LogP contribution in [0.5, 0.6) is 0 Å². The molecule has 84 valence electrons. The Morgan fingerprint density at radius 2 is 2.47 bits per heavy atom. The van der Waals surface area contributed by atoms with Crippen molar-refractivity contribution in [1.82, 2.24) is 4.90 Å². The second-order valence-electron chi connectivity index (χ2n) is 3.86. The van der Waals surface area contributed by atoms with Crippen molar-refractivity contribution >= 4 is 30.1 Å². The van der Waals surface area contributed by atoms with E-state index in [-0.39, 0.29) is 29.7 Å². The molecule has 2 heterocycles. The van der Waals surface area contributed by atoms with Crippen molar-refractivity contribution in [3.05, 3.63) is 0 Å². The Morgan fingerprint density at radius 3 is 3.00 bits per heavy atom. The van der Waals surface area contributed by atoms with Crippen molar-refractivity contribution in [2.75, 3.05) is 5.75 Å². The van der Waals surface area contributed by atoms with Crippen LogP contribution in [0.4, 0.5) is 0 Å². The van der Waals surface area contributed by atoms with Crippen LogP contribution in [0.1, 0.15) is 19.8 Å². The standard InChI is InChI=1S/C9H13N3OS.ClH/c1-2-9(11)3-7-12(8(9)13)6(4-10)5-14-7;/h6-7H,2-3,5,11H2,1H3;1H. The van der Waals surface area contributed by atoms with E-state index in [4.69, 9.17) is 11.0 Å². The van der Waals surface area contributed by atoms with Crippen molar-refractivity contribution in [3.63, 3.8) is 0 Å². The van der Waals surface area contributed by atoms with E-state index in [2.05, 4.69) is 6.07 Å². The minimum atomic E-state index is -0.715. The summed E-state index contributed by atoms with van der Waals surface area (Å²) < 4.78 is 0. The van der Waals surface area contributed by atoms with Gasteiger partial charge in [-0.3, -0.25) is 4.79 Å².